The molecule has 0 spiro atoms. The molecule has 2 heterocycles. The first-order valence-electron chi connectivity index (χ1n) is 7.54. The average molecular weight is 290 g/mol. The van der Waals surface area contributed by atoms with Crippen LogP contribution in [0.15, 0.2) is 24.3 Å². The first-order valence-corrected chi connectivity index (χ1v) is 7.54. The van der Waals surface area contributed by atoms with Gasteiger partial charge in [-0.15, -0.1) is 0 Å². The van der Waals surface area contributed by atoms with Crippen molar-refractivity contribution in [3.63, 3.8) is 0 Å². The van der Waals surface area contributed by atoms with Gasteiger partial charge >= 0.3 is 0 Å². The predicted octanol–water partition coefficient (Wildman–Crippen LogP) is 1.29. The molecule has 0 radical (unpaired) electrons. The number of hydrogen-bond acceptors (Lipinski definition) is 4. The molecule has 5 heteroatoms. The zero-order valence-electron chi connectivity index (χ0n) is 12.4. The van der Waals surface area contributed by atoms with Crippen LogP contribution in [0.2, 0.25) is 0 Å². The fourth-order valence-corrected chi connectivity index (χ4v) is 3.08. The number of amides is 1. The van der Waals surface area contributed by atoms with Crippen LogP contribution in [0.25, 0.3) is 0 Å². The minimum Gasteiger partial charge on any atom is -0.497 e. The SMILES string of the molecule is COc1cccc(C(=O)NCCN2C[C@H]3CC[C@@H](C2)O3)c1. The number of carbonyl (C=O) groups is 1. The van der Waals surface area contributed by atoms with Crippen molar-refractivity contribution >= 4 is 5.91 Å². The second-order valence-corrected chi connectivity index (χ2v) is 5.70. The third-order valence-electron chi connectivity index (χ3n) is 4.16. The van der Waals surface area contributed by atoms with E-state index in [0.29, 0.717) is 30.1 Å². The van der Waals surface area contributed by atoms with E-state index >= 15 is 0 Å². The largest absolute Gasteiger partial charge is 0.497 e. The van der Waals surface area contributed by atoms with Gasteiger partial charge in [0.1, 0.15) is 5.75 Å². The Labute approximate surface area is 125 Å². The first kappa shape index (κ1) is 14.4. The summed E-state index contributed by atoms with van der Waals surface area (Å²) in [5.41, 5.74) is 0.636. The van der Waals surface area contributed by atoms with Crippen molar-refractivity contribution in [1.29, 1.82) is 0 Å². The minimum atomic E-state index is -0.0508. The van der Waals surface area contributed by atoms with Crippen LogP contribution in [0.1, 0.15) is 23.2 Å². The van der Waals surface area contributed by atoms with Crippen LogP contribution in [-0.2, 0) is 4.74 Å². The van der Waals surface area contributed by atoms with Crippen LogP contribution in [0.5, 0.6) is 5.75 Å². The molecule has 2 atom stereocenters. The number of hydrogen-bond donors (Lipinski definition) is 1. The summed E-state index contributed by atoms with van der Waals surface area (Å²) in [5.74, 6) is 0.650. The number of carbonyl (C=O) groups excluding carboxylic acids is 1. The average Bonchev–Trinajstić information content (AvgIpc) is 2.86. The number of nitrogens with one attached hydrogen (secondary N) is 1. The molecule has 2 saturated heterocycles. The lowest BCUT2D eigenvalue weighted by Gasteiger charge is -2.31. The van der Waals surface area contributed by atoms with Crippen molar-refractivity contribution in [1.82, 2.24) is 10.2 Å². The zero-order chi connectivity index (χ0) is 14.7. The van der Waals surface area contributed by atoms with E-state index < -0.39 is 0 Å². The Morgan fingerprint density at radius 2 is 2.14 bits per heavy atom. The standard InChI is InChI=1S/C16H22N2O3/c1-20-13-4-2-3-12(9-13)16(19)17-7-8-18-10-14-5-6-15(11-18)21-14/h2-4,9,14-15H,5-8,10-11H2,1H3,(H,17,19)/t14-,15+. The maximum Gasteiger partial charge on any atom is 0.251 e. The molecule has 114 valence electrons. The summed E-state index contributed by atoms with van der Waals surface area (Å²) in [5, 5.41) is 2.97. The number of nitrogens with zero attached hydrogens (tertiary/aromatic N) is 1. The van der Waals surface area contributed by atoms with E-state index in [2.05, 4.69) is 10.2 Å². The van der Waals surface area contributed by atoms with Crippen molar-refractivity contribution in [3.8, 4) is 5.75 Å². The van der Waals surface area contributed by atoms with E-state index in [9.17, 15) is 4.79 Å². The quantitative estimate of drug-likeness (QED) is 0.888. The van der Waals surface area contributed by atoms with Crippen molar-refractivity contribution in [2.24, 2.45) is 0 Å². The van der Waals surface area contributed by atoms with Crippen LogP contribution in [0, 0.1) is 0 Å². The molecule has 5 nitrogen and oxygen atoms in total. The topological polar surface area (TPSA) is 50.8 Å². The molecule has 1 N–H and O–H groups in total. The van der Waals surface area contributed by atoms with Crippen molar-refractivity contribution in [3.05, 3.63) is 29.8 Å². The van der Waals surface area contributed by atoms with E-state index in [4.69, 9.17) is 9.47 Å². The molecule has 0 unspecified atom stereocenters. The van der Waals surface area contributed by atoms with Crippen molar-refractivity contribution in [2.45, 2.75) is 25.0 Å². The van der Waals surface area contributed by atoms with Gasteiger partial charge in [0.2, 0.25) is 0 Å². The maximum absolute atomic E-state index is 12.1. The molecule has 0 saturated carbocycles. The normalized spacial score (nSPS) is 24.8. The van der Waals surface area contributed by atoms with Gasteiger partial charge < -0.3 is 14.8 Å². The number of likely N-dealkylation sites (tertiary alicyclic amines) is 1. The molecular weight excluding hydrogens is 268 g/mol. The molecule has 1 aromatic rings. The summed E-state index contributed by atoms with van der Waals surface area (Å²) in [4.78, 5) is 14.5. The highest BCUT2D eigenvalue weighted by molar-refractivity contribution is 5.94. The number of methoxy groups -OCH3 is 1. The molecule has 1 amide bonds. The molecule has 2 aliphatic heterocycles. The third kappa shape index (κ3) is 3.54. The first-order chi connectivity index (χ1) is 10.2. The highest BCUT2D eigenvalue weighted by atomic mass is 16.5. The lowest BCUT2D eigenvalue weighted by Crippen LogP contribution is -2.45. The minimum absolute atomic E-state index is 0.0508. The Kier molecular flexibility index (Phi) is 4.41. The van der Waals surface area contributed by atoms with Crippen LogP contribution >= 0.6 is 0 Å². The fourth-order valence-electron chi connectivity index (χ4n) is 3.08. The Morgan fingerprint density at radius 1 is 1.38 bits per heavy atom. The summed E-state index contributed by atoms with van der Waals surface area (Å²) < 4.78 is 10.9. The van der Waals surface area contributed by atoms with E-state index in [1.54, 1.807) is 19.2 Å². The number of ether oxygens (including phenoxy) is 2. The lowest BCUT2D eigenvalue weighted by molar-refractivity contribution is -0.0375. The Bertz CT molecular complexity index is 494. The highest BCUT2D eigenvalue weighted by Gasteiger charge is 2.33. The summed E-state index contributed by atoms with van der Waals surface area (Å²) >= 11 is 0. The van der Waals surface area contributed by atoms with E-state index in [1.807, 2.05) is 12.1 Å². The van der Waals surface area contributed by atoms with E-state index in [1.165, 1.54) is 12.8 Å². The van der Waals surface area contributed by atoms with E-state index in [-0.39, 0.29) is 5.91 Å². The Hall–Kier alpha value is -1.59. The van der Waals surface area contributed by atoms with Gasteiger partial charge in [0.05, 0.1) is 19.3 Å². The van der Waals surface area contributed by atoms with Crippen LogP contribution in [0.3, 0.4) is 0 Å². The van der Waals surface area contributed by atoms with Gasteiger partial charge in [0.25, 0.3) is 5.91 Å². The summed E-state index contributed by atoms with van der Waals surface area (Å²) in [6.07, 6.45) is 3.16. The third-order valence-corrected chi connectivity index (χ3v) is 4.16. The highest BCUT2D eigenvalue weighted by Crippen LogP contribution is 2.25. The van der Waals surface area contributed by atoms with Gasteiger partial charge in [-0.1, -0.05) is 6.07 Å². The van der Waals surface area contributed by atoms with Gasteiger partial charge in [0, 0.05) is 31.7 Å². The lowest BCUT2D eigenvalue weighted by atomic mass is 10.2. The van der Waals surface area contributed by atoms with Crippen LogP contribution in [-0.4, -0.2) is 56.3 Å². The summed E-state index contributed by atoms with van der Waals surface area (Å²) in [6.45, 7) is 3.53. The van der Waals surface area contributed by atoms with Gasteiger partial charge in [-0.3, -0.25) is 9.69 Å². The Morgan fingerprint density at radius 3 is 2.86 bits per heavy atom. The smallest absolute Gasteiger partial charge is 0.251 e. The molecule has 0 aromatic heterocycles. The number of morpholine rings is 1. The summed E-state index contributed by atoms with van der Waals surface area (Å²) in [7, 11) is 1.60. The zero-order valence-corrected chi connectivity index (χ0v) is 12.4. The second kappa shape index (κ2) is 6.45. The van der Waals surface area contributed by atoms with Crippen LogP contribution in [0.4, 0.5) is 0 Å². The molecule has 21 heavy (non-hydrogen) atoms. The van der Waals surface area contributed by atoms with Gasteiger partial charge in [-0.05, 0) is 31.0 Å². The molecule has 0 aliphatic carbocycles. The maximum atomic E-state index is 12.1. The van der Waals surface area contributed by atoms with Gasteiger partial charge in [-0.25, -0.2) is 0 Å². The van der Waals surface area contributed by atoms with Gasteiger partial charge in [0.15, 0.2) is 0 Å². The summed E-state index contributed by atoms with van der Waals surface area (Å²) in [6, 6.07) is 7.21. The van der Waals surface area contributed by atoms with Crippen LogP contribution < -0.4 is 10.1 Å². The molecule has 2 bridgehead atoms. The number of rotatable bonds is 5. The molecule has 3 rings (SSSR count). The van der Waals surface area contributed by atoms with Crippen molar-refractivity contribution < 1.29 is 14.3 Å². The van der Waals surface area contributed by atoms with Gasteiger partial charge in [-0.2, -0.15) is 0 Å². The van der Waals surface area contributed by atoms with Crippen molar-refractivity contribution in [2.75, 3.05) is 33.3 Å². The second-order valence-electron chi connectivity index (χ2n) is 5.70. The number of benzene rings is 1. The molecule has 1 aromatic carbocycles. The molecule has 2 aliphatic rings. The predicted molar refractivity (Wildman–Crippen MR) is 79.7 cm³/mol. The number of fused-ring (bicyclic) bond motifs is 2. The molecular formula is C16H22N2O3. The monoisotopic (exact) mass is 290 g/mol. The molecule has 2 fully saturated rings. The van der Waals surface area contributed by atoms with E-state index in [0.717, 1.165) is 19.6 Å². The Balaban J connectivity index is 1.45. The fraction of sp³-hybridized carbons (Fsp3) is 0.562.